The van der Waals surface area contributed by atoms with E-state index in [1.54, 1.807) is 17.4 Å². The summed E-state index contributed by atoms with van der Waals surface area (Å²) in [6.07, 6.45) is 4.27. The zero-order chi connectivity index (χ0) is 22.5. The zero-order valence-electron chi connectivity index (χ0n) is 18.9. The third-order valence-electron chi connectivity index (χ3n) is 5.92. The Morgan fingerprint density at radius 2 is 1.94 bits per heavy atom. The maximum Gasteiger partial charge on any atom is 0.226 e. The number of carbonyl (C=O) groups is 2. The van der Waals surface area contributed by atoms with Gasteiger partial charge in [-0.15, -0.1) is 17.9 Å². The van der Waals surface area contributed by atoms with Crippen LogP contribution in [0.2, 0.25) is 0 Å². The highest BCUT2D eigenvalue weighted by molar-refractivity contribution is 7.13. The van der Waals surface area contributed by atoms with E-state index < -0.39 is 5.41 Å². The number of hydrogen-bond donors (Lipinski definition) is 1. The number of piperidine rings is 1. The lowest BCUT2D eigenvalue weighted by Crippen LogP contribution is -2.51. The van der Waals surface area contributed by atoms with Crippen LogP contribution >= 0.6 is 11.3 Å². The van der Waals surface area contributed by atoms with Crippen molar-refractivity contribution in [3.05, 3.63) is 60.0 Å². The molecule has 1 aliphatic rings. The van der Waals surface area contributed by atoms with Crippen molar-refractivity contribution in [1.82, 2.24) is 10.2 Å². The number of benzene rings is 1. The lowest BCUT2D eigenvalue weighted by molar-refractivity contribution is -0.141. The molecule has 0 aliphatic carbocycles. The molecule has 2 amide bonds. The van der Waals surface area contributed by atoms with Crippen LogP contribution in [0.5, 0.6) is 0 Å². The Kier molecular flexibility index (Phi) is 7.37. The molecule has 0 atom stereocenters. The van der Waals surface area contributed by atoms with E-state index in [4.69, 9.17) is 0 Å². The van der Waals surface area contributed by atoms with Crippen molar-refractivity contribution in [3.8, 4) is 10.4 Å². The minimum atomic E-state index is -0.504. The molecule has 31 heavy (non-hydrogen) atoms. The highest BCUT2D eigenvalue weighted by atomic mass is 32.1. The van der Waals surface area contributed by atoms with Gasteiger partial charge < -0.3 is 10.2 Å². The first-order valence-electron chi connectivity index (χ1n) is 11.0. The van der Waals surface area contributed by atoms with E-state index in [1.807, 2.05) is 4.90 Å². The highest BCUT2D eigenvalue weighted by Crippen LogP contribution is 2.37. The van der Waals surface area contributed by atoms with Crippen molar-refractivity contribution in [3.63, 3.8) is 0 Å². The monoisotopic (exact) mass is 438 g/mol. The summed E-state index contributed by atoms with van der Waals surface area (Å²) in [5.41, 5.74) is 1.81. The molecular weight excluding hydrogens is 404 g/mol. The van der Waals surface area contributed by atoms with Gasteiger partial charge in [-0.1, -0.05) is 57.2 Å². The minimum Gasteiger partial charge on any atom is -0.352 e. The third-order valence-corrected chi connectivity index (χ3v) is 6.84. The molecule has 0 spiro atoms. The molecular formula is C26H34N2O2S. The Hall–Kier alpha value is -2.40. The first-order valence-corrected chi connectivity index (χ1v) is 11.9. The number of carbonyl (C=O) groups excluding carboxylic acids is 2. The lowest BCUT2D eigenvalue weighted by Gasteiger charge is -2.41. The third kappa shape index (κ3) is 6.07. The molecule has 1 N–H and O–H groups in total. The summed E-state index contributed by atoms with van der Waals surface area (Å²) in [4.78, 5) is 29.1. The average Bonchev–Trinajstić information content (AvgIpc) is 3.26. The first-order chi connectivity index (χ1) is 14.7. The molecule has 0 bridgehead atoms. The van der Waals surface area contributed by atoms with E-state index >= 15 is 0 Å². The van der Waals surface area contributed by atoms with Gasteiger partial charge >= 0.3 is 0 Å². The maximum atomic E-state index is 13.2. The van der Waals surface area contributed by atoms with Crippen LogP contribution in [0.15, 0.2) is 54.4 Å². The van der Waals surface area contributed by atoms with Crippen LogP contribution in [0.3, 0.4) is 0 Å². The molecule has 3 rings (SSSR count). The standard InChI is InChI=1S/C26H34N2O2S/c1-5-13-27-24(30)26(11-14-28(15-12-26)23(29)19-25(2,3)4)18-20-8-6-9-21(17-20)22-10-7-16-31-22/h5-10,16-17H,1,11-15,18-19H2,2-4H3,(H,27,30). The maximum absolute atomic E-state index is 13.2. The Balaban J connectivity index is 1.78. The topological polar surface area (TPSA) is 49.4 Å². The summed E-state index contributed by atoms with van der Waals surface area (Å²) in [6, 6.07) is 12.7. The number of rotatable bonds is 7. The number of thiophene rings is 1. The highest BCUT2D eigenvalue weighted by Gasteiger charge is 2.42. The van der Waals surface area contributed by atoms with Crippen molar-refractivity contribution in [1.29, 1.82) is 0 Å². The summed E-state index contributed by atoms with van der Waals surface area (Å²) in [7, 11) is 0. The zero-order valence-corrected chi connectivity index (χ0v) is 19.8. The second-order valence-electron chi connectivity index (χ2n) is 9.75. The molecule has 5 heteroatoms. The van der Waals surface area contributed by atoms with Gasteiger partial charge in [-0.25, -0.2) is 0 Å². The molecule has 1 aromatic carbocycles. The van der Waals surface area contributed by atoms with Gasteiger partial charge in [-0.3, -0.25) is 9.59 Å². The fourth-order valence-corrected chi connectivity index (χ4v) is 4.98. The molecule has 166 valence electrons. The Labute approximate surface area is 190 Å². The van der Waals surface area contributed by atoms with E-state index in [-0.39, 0.29) is 17.2 Å². The largest absolute Gasteiger partial charge is 0.352 e. The fraction of sp³-hybridized carbons (Fsp3) is 0.462. The Bertz CT molecular complexity index is 904. The average molecular weight is 439 g/mol. The Morgan fingerprint density at radius 1 is 1.19 bits per heavy atom. The summed E-state index contributed by atoms with van der Waals surface area (Å²) >= 11 is 1.72. The lowest BCUT2D eigenvalue weighted by atomic mass is 9.72. The smallest absolute Gasteiger partial charge is 0.226 e. The van der Waals surface area contributed by atoms with Crippen molar-refractivity contribution in [2.75, 3.05) is 19.6 Å². The molecule has 1 fully saturated rings. The van der Waals surface area contributed by atoms with Crippen molar-refractivity contribution >= 4 is 23.2 Å². The summed E-state index contributed by atoms with van der Waals surface area (Å²) in [6.45, 7) is 11.7. The van der Waals surface area contributed by atoms with Crippen LogP contribution in [0.25, 0.3) is 10.4 Å². The van der Waals surface area contributed by atoms with Crippen LogP contribution < -0.4 is 5.32 Å². The van der Waals surface area contributed by atoms with Crippen LogP contribution in [-0.2, 0) is 16.0 Å². The van der Waals surface area contributed by atoms with E-state index in [0.29, 0.717) is 45.3 Å². The molecule has 1 saturated heterocycles. The van der Waals surface area contributed by atoms with Gasteiger partial charge in [0.1, 0.15) is 0 Å². The van der Waals surface area contributed by atoms with Crippen LogP contribution in [-0.4, -0.2) is 36.3 Å². The van der Waals surface area contributed by atoms with Gasteiger partial charge in [0.15, 0.2) is 0 Å². The molecule has 1 aromatic heterocycles. The number of nitrogens with one attached hydrogen (secondary N) is 1. The SMILES string of the molecule is C=CCNC(=O)C1(Cc2cccc(-c3cccs3)c2)CCN(C(=O)CC(C)(C)C)CC1. The summed E-state index contributed by atoms with van der Waals surface area (Å²) in [5, 5.41) is 5.11. The molecule has 2 heterocycles. The van der Waals surface area contributed by atoms with Crippen molar-refractivity contribution in [2.45, 2.75) is 46.5 Å². The summed E-state index contributed by atoms with van der Waals surface area (Å²) in [5.74, 6) is 0.254. The quantitative estimate of drug-likeness (QED) is 0.596. The molecule has 0 saturated carbocycles. The number of amides is 2. The molecule has 2 aromatic rings. The van der Waals surface area contributed by atoms with Gasteiger partial charge in [0.25, 0.3) is 0 Å². The predicted octanol–water partition coefficient (Wildman–Crippen LogP) is 5.30. The van der Waals surface area contributed by atoms with Crippen LogP contribution in [0.4, 0.5) is 0 Å². The predicted molar refractivity (Wildman–Crippen MR) is 129 cm³/mol. The minimum absolute atomic E-state index is 0.0326. The second-order valence-corrected chi connectivity index (χ2v) is 10.7. The Morgan fingerprint density at radius 3 is 2.55 bits per heavy atom. The van der Waals surface area contributed by atoms with Crippen molar-refractivity contribution in [2.24, 2.45) is 10.8 Å². The second kappa shape index (κ2) is 9.82. The molecule has 0 unspecified atom stereocenters. The fourth-order valence-electron chi connectivity index (χ4n) is 4.25. The first kappa shape index (κ1) is 23.3. The summed E-state index contributed by atoms with van der Waals surface area (Å²) < 4.78 is 0. The van der Waals surface area contributed by atoms with E-state index in [2.05, 4.69) is 74.4 Å². The molecule has 4 nitrogen and oxygen atoms in total. The number of nitrogens with zero attached hydrogens (tertiary/aromatic N) is 1. The van der Waals surface area contributed by atoms with Gasteiger partial charge in [0.05, 0.1) is 5.41 Å². The van der Waals surface area contributed by atoms with Crippen molar-refractivity contribution < 1.29 is 9.59 Å². The normalized spacial score (nSPS) is 16.0. The van der Waals surface area contributed by atoms with Gasteiger partial charge in [-0.05, 0) is 47.3 Å². The van der Waals surface area contributed by atoms with Gasteiger partial charge in [0.2, 0.25) is 11.8 Å². The van der Waals surface area contributed by atoms with E-state index in [0.717, 1.165) is 5.56 Å². The van der Waals surface area contributed by atoms with Gasteiger partial charge in [0, 0.05) is 30.9 Å². The molecule has 1 aliphatic heterocycles. The van der Waals surface area contributed by atoms with Crippen LogP contribution in [0.1, 0.15) is 45.6 Å². The number of likely N-dealkylation sites (tertiary alicyclic amines) is 1. The number of hydrogen-bond acceptors (Lipinski definition) is 3. The molecule has 0 radical (unpaired) electrons. The van der Waals surface area contributed by atoms with E-state index in [1.165, 1.54) is 10.4 Å². The van der Waals surface area contributed by atoms with E-state index in [9.17, 15) is 9.59 Å². The van der Waals surface area contributed by atoms with Gasteiger partial charge in [-0.2, -0.15) is 0 Å². The van der Waals surface area contributed by atoms with Crippen LogP contribution in [0, 0.1) is 10.8 Å².